The normalized spacial score (nSPS) is 17.2. The van der Waals surface area contributed by atoms with Crippen LogP contribution in [0.4, 0.5) is 11.4 Å². The number of nitrogens with one attached hydrogen (secondary N) is 1. The van der Waals surface area contributed by atoms with E-state index in [2.05, 4.69) is 375 Å². The topological polar surface area (TPSA) is 186 Å². The summed E-state index contributed by atoms with van der Waals surface area (Å²) in [7, 11) is 12.9. The molecule has 5 aliphatic rings. The average molecular weight is 2010 g/mol. The number of aromatic nitrogens is 9. The molecule has 19 rings (SSSR count). The minimum absolute atomic E-state index is 0.106. The molecular weight excluding hydrogens is 1920 g/mol. The molecule has 1 N–H and O–H groups in total. The van der Waals surface area contributed by atoms with E-state index < -0.39 is 15.8 Å². The van der Waals surface area contributed by atoms with Gasteiger partial charge in [0.1, 0.15) is 0 Å². The Hall–Kier alpha value is -7.66. The number of thiazole rings is 3. The second kappa shape index (κ2) is 44.9. The number of hydrogen-bond acceptors (Lipinski definition) is 18. The van der Waals surface area contributed by atoms with Gasteiger partial charge in [-0.2, -0.15) is 24.7 Å². The summed E-state index contributed by atoms with van der Waals surface area (Å²) in [5, 5.41) is 23.2. The van der Waals surface area contributed by atoms with Crippen molar-refractivity contribution in [1.29, 1.82) is 0 Å². The number of halogens is 5. The minimum Gasteiger partial charge on any atom is -0.0622 e. The molecule has 8 aromatic carbocycles. The van der Waals surface area contributed by atoms with Gasteiger partial charge in [-0.1, -0.05) is 229 Å². The molecule has 119 heavy (non-hydrogen) atoms. The SMILES string of the molecule is Brc1cnc(Br)s1.CN1C[C@H]2CCN(c3ccc(-c4cnc(-n5ncccc5=O)s4)cc3)[C@H]2C1.CN1C[C@H]2CCN(c3ccc(B4OC(C)(C)C(C)(C)O4)cc3)[C@H]2C1.O=c1cccn[nH]1.O=c1cccnn1-c1ncc(Br)s1.[Cl][Pd][Cl].c1ccc(P(c2ccccc2)c2ccccc2)cc1.c1ccc(P(c2ccccc2)c2ccccc2)cc1. The molecular formula is C89H89BBr3Cl2N13O5P2PdS3. The number of likely N-dealkylation sites (N-methyl/N-ethyl adjacent to an activating group) is 2. The van der Waals surface area contributed by atoms with Gasteiger partial charge in [0.05, 0.1) is 36.0 Å². The molecule has 14 aromatic rings. The van der Waals surface area contributed by atoms with Crippen LogP contribution in [0.5, 0.6) is 0 Å². The van der Waals surface area contributed by atoms with Gasteiger partial charge in [0, 0.05) is 106 Å². The number of likely N-dealkylation sites (tertiary alicyclic amines) is 2. The van der Waals surface area contributed by atoms with Crippen molar-refractivity contribution in [3.8, 4) is 20.7 Å². The standard InChI is InChI=1S/C20H21N5OS.C19H29BN2O2.2C18H15P.C7H4BrN3OS.C4H4N2O.C3HBr2NS.2ClH.Pd/c1-23-12-15-8-10-24(17(15)13-23)16-6-4-14(5-7-16)18-11-21-20(27-18)25-19(26)3-2-9-22-25;1-18(2)19(3,4)24-20(23-18)15-6-8-16(9-7-15)22-11-10-14-12-21(5)13-17(14)22;2*1-4-10-16(11-5-1)19(17-12-6-2-7-13-17)18-14-8-3-9-15-18;8-5-4-9-7(13-5)11-6(12)2-1-3-10-11;7-4-2-1-3-5-6-4;4-2-1-6-3(5)7-2;;;/h2-7,9,11,15,17H,8,10,12-13H2,1H3;6-9,14,17H,10-13H2,1-5H3;2*1-15H;1-4H;1-3H,(H,6,7);1H;2*1H;/q;;;;;;;;;+2/p-2/t15-,17+;14-,17+;;;;;;;;/m11......../s1. The van der Waals surface area contributed by atoms with Crippen LogP contribution in [0.1, 0.15) is 40.5 Å². The summed E-state index contributed by atoms with van der Waals surface area (Å²) >= 11 is 14.0. The number of hydrogen-bond donors (Lipinski definition) is 1. The second-order valence-corrected chi connectivity index (χ2v) is 42.9. The number of anilines is 2. The molecule has 0 aliphatic carbocycles. The molecule has 6 aromatic heterocycles. The van der Waals surface area contributed by atoms with Crippen molar-refractivity contribution in [1.82, 2.24) is 54.5 Å². The van der Waals surface area contributed by atoms with E-state index in [4.69, 9.17) is 28.4 Å². The van der Waals surface area contributed by atoms with E-state index in [0.29, 0.717) is 22.3 Å². The molecule has 5 fully saturated rings. The van der Waals surface area contributed by atoms with E-state index in [1.165, 1.54) is 139 Å². The van der Waals surface area contributed by atoms with Gasteiger partial charge >= 0.3 is 42.1 Å². The zero-order chi connectivity index (χ0) is 83.7. The third kappa shape index (κ3) is 25.3. The van der Waals surface area contributed by atoms with Gasteiger partial charge < -0.3 is 28.9 Å². The predicted molar refractivity (Wildman–Crippen MR) is 504 cm³/mol. The molecule has 11 heterocycles. The molecule has 4 atom stereocenters. The first kappa shape index (κ1) is 90.6. The molecule has 0 bridgehead atoms. The third-order valence-electron chi connectivity index (χ3n) is 20.6. The van der Waals surface area contributed by atoms with Gasteiger partial charge in [0.25, 0.3) is 16.7 Å². The van der Waals surface area contributed by atoms with E-state index in [1.807, 2.05) is 6.20 Å². The van der Waals surface area contributed by atoms with Crippen LogP contribution in [0.2, 0.25) is 0 Å². The summed E-state index contributed by atoms with van der Waals surface area (Å²) < 4.78 is 17.8. The first-order valence-electron chi connectivity index (χ1n) is 38.4. The fourth-order valence-electron chi connectivity index (χ4n) is 14.4. The molecule has 0 saturated carbocycles. The van der Waals surface area contributed by atoms with Gasteiger partial charge in [-0.3, -0.25) is 14.4 Å². The summed E-state index contributed by atoms with van der Waals surface area (Å²) in [6, 6.07) is 92.7. The van der Waals surface area contributed by atoms with Crippen LogP contribution in [0, 0.1) is 11.8 Å². The van der Waals surface area contributed by atoms with E-state index >= 15 is 0 Å². The number of H-pyrrole nitrogens is 1. The zero-order valence-corrected chi connectivity index (χ0v) is 78.2. The van der Waals surface area contributed by atoms with Crippen LogP contribution in [0.3, 0.4) is 0 Å². The maximum atomic E-state index is 11.9. The Morgan fingerprint density at radius 3 is 1.15 bits per heavy atom. The molecule has 5 aliphatic heterocycles. The third-order valence-corrected chi connectivity index (χ3v) is 29.9. The maximum Gasteiger partial charge on any atom is -0.0134 e. The Balaban J connectivity index is 0.000000132. The molecule has 18 nitrogen and oxygen atoms in total. The first-order chi connectivity index (χ1) is 57.7. The fourth-order valence-corrected chi connectivity index (χ4v) is 23.2. The van der Waals surface area contributed by atoms with Crippen molar-refractivity contribution in [2.45, 2.75) is 63.8 Å². The van der Waals surface area contributed by atoms with E-state index in [1.54, 1.807) is 54.3 Å². The van der Waals surface area contributed by atoms with Crippen LogP contribution < -0.4 is 63.8 Å². The summed E-state index contributed by atoms with van der Waals surface area (Å²) in [6.45, 7) is 15.5. The number of nitrogens with zero attached hydrogens (tertiary/aromatic N) is 12. The van der Waals surface area contributed by atoms with Crippen LogP contribution in [-0.2, 0) is 25.2 Å². The van der Waals surface area contributed by atoms with Gasteiger partial charge in [0.2, 0.25) is 10.3 Å². The molecule has 0 radical (unpaired) electrons. The minimum atomic E-state index is -0.446. The van der Waals surface area contributed by atoms with Crippen LogP contribution >= 0.6 is 117 Å². The van der Waals surface area contributed by atoms with Gasteiger partial charge in [0.15, 0.2) is 3.92 Å². The summed E-state index contributed by atoms with van der Waals surface area (Å²) in [6.07, 6.45) is 12.5. The Morgan fingerprint density at radius 2 is 0.824 bits per heavy atom. The molecule has 0 unspecified atom stereocenters. The Labute approximate surface area is 751 Å². The van der Waals surface area contributed by atoms with Crippen molar-refractivity contribution < 1.29 is 25.2 Å². The second-order valence-electron chi connectivity index (χ2n) is 29.0. The van der Waals surface area contributed by atoms with E-state index in [-0.39, 0.29) is 50.9 Å². The van der Waals surface area contributed by atoms with E-state index in [0.717, 1.165) is 52.3 Å². The fraction of sp³-hybridized carbons (Fsp3) is 0.225. The Bertz CT molecular complexity index is 5250. The number of aromatic amines is 1. The maximum absolute atomic E-state index is 11.9. The average Bonchev–Trinajstić information content (AvgIpc) is 1.57. The Morgan fingerprint density at radius 1 is 0.454 bits per heavy atom. The number of fused-ring (bicyclic) bond motifs is 2. The molecule has 30 heteroatoms. The Kier molecular flexibility index (Phi) is 34.2. The molecule has 0 spiro atoms. The van der Waals surface area contributed by atoms with Crippen molar-refractivity contribution in [2.75, 3.05) is 63.2 Å². The monoisotopic (exact) mass is 2000 g/mol. The summed E-state index contributed by atoms with van der Waals surface area (Å²) in [5.74, 6) is 1.63. The molecule has 5 saturated heterocycles. The smallest absolute Gasteiger partial charge is 0.0134 e. The summed E-state index contributed by atoms with van der Waals surface area (Å²) in [4.78, 5) is 56.7. The van der Waals surface area contributed by atoms with Crippen LogP contribution in [-0.4, -0.2) is 138 Å². The quantitative estimate of drug-likeness (QED) is 0.0899. The van der Waals surface area contributed by atoms with Gasteiger partial charge in [-0.05, 0) is 215 Å². The van der Waals surface area contributed by atoms with E-state index in [9.17, 15) is 14.4 Å². The largest absolute Gasteiger partial charge is 0.0622 e. The van der Waals surface area contributed by atoms with Crippen molar-refractivity contribution in [3.63, 3.8) is 0 Å². The number of benzene rings is 8. The predicted octanol–water partition coefficient (Wildman–Crippen LogP) is 16.8. The molecule has 0 amide bonds. The van der Waals surface area contributed by atoms with Crippen molar-refractivity contribution >= 4 is 172 Å². The van der Waals surface area contributed by atoms with Crippen LogP contribution in [0.25, 0.3) is 20.7 Å². The first-order valence-corrected chi connectivity index (χ1v) is 49.9. The zero-order valence-electron chi connectivity index (χ0n) is 66.1. The molecule has 616 valence electrons. The summed E-state index contributed by atoms with van der Waals surface area (Å²) in [5.41, 5.74) is 3.78. The van der Waals surface area contributed by atoms with Crippen LogP contribution in [0.15, 0.2) is 330 Å². The van der Waals surface area contributed by atoms with Crippen molar-refractivity contribution in [3.05, 3.63) is 347 Å². The number of rotatable bonds is 12. The van der Waals surface area contributed by atoms with Gasteiger partial charge in [-0.15, -0.1) is 11.3 Å². The van der Waals surface area contributed by atoms with Gasteiger partial charge in [-0.25, -0.2) is 20.1 Å². The van der Waals surface area contributed by atoms with Crippen molar-refractivity contribution in [2.24, 2.45) is 11.8 Å².